The molecule has 0 bridgehead atoms. The Morgan fingerprint density at radius 1 is 1.31 bits per heavy atom. The van der Waals surface area contributed by atoms with Gasteiger partial charge in [-0.3, -0.25) is 24.7 Å². The number of aromatic nitrogens is 1. The number of hydrogen-bond donors (Lipinski definition) is 3. The normalized spacial score (nSPS) is 18.2. The van der Waals surface area contributed by atoms with Crippen LogP contribution in [0, 0.1) is 5.53 Å². The maximum atomic E-state index is 12.9. The lowest BCUT2D eigenvalue weighted by atomic mass is 10.0. The van der Waals surface area contributed by atoms with E-state index in [1.54, 1.807) is 36.8 Å². The van der Waals surface area contributed by atoms with Gasteiger partial charge in [0.1, 0.15) is 24.1 Å². The highest BCUT2D eigenvalue weighted by molar-refractivity contribution is 6.05. The summed E-state index contributed by atoms with van der Waals surface area (Å²) in [6.45, 7) is 0.780. The minimum absolute atomic E-state index is 0.0343. The number of piperidine rings is 1. The van der Waals surface area contributed by atoms with Gasteiger partial charge in [0, 0.05) is 42.7 Å². The van der Waals surface area contributed by atoms with Crippen molar-refractivity contribution in [2.24, 2.45) is 5.11 Å². The van der Waals surface area contributed by atoms with Gasteiger partial charge in [-0.15, -0.1) is 0 Å². The molecule has 0 saturated carbocycles. The Morgan fingerprint density at radius 3 is 2.94 bits per heavy atom. The van der Waals surface area contributed by atoms with E-state index >= 15 is 0 Å². The van der Waals surface area contributed by atoms with Crippen LogP contribution in [0.2, 0.25) is 0 Å². The molecular weight excluding hydrogens is 412 g/mol. The minimum Gasteiger partial charge on any atom is -0.487 e. The molecular formula is C22H22N6O4. The Labute approximate surface area is 184 Å². The Morgan fingerprint density at radius 2 is 2.19 bits per heavy atom. The zero-order chi connectivity index (χ0) is 22.5. The van der Waals surface area contributed by atoms with E-state index < -0.39 is 11.9 Å². The Balaban J connectivity index is 1.41. The molecule has 10 nitrogen and oxygen atoms in total. The average molecular weight is 434 g/mol. The topological polar surface area (TPSA) is 137 Å². The molecule has 1 aromatic carbocycles. The molecule has 3 amide bonds. The molecule has 4 rings (SSSR count). The van der Waals surface area contributed by atoms with Crippen LogP contribution in [0.4, 0.5) is 0 Å². The second-order valence-corrected chi connectivity index (χ2v) is 7.46. The van der Waals surface area contributed by atoms with E-state index in [9.17, 15) is 14.4 Å². The number of nitrogens with zero attached hydrogens (tertiary/aromatic N) is 3. The number of fused-ring (bicyclic) bond motifs is 1. The monoisotopic (exact) mass is 434 g/mol. The largest absolute Gasteiger partial charge is 0.487 e. The van der Waals surface area contributed by atoms with Crippen molar-refractivity contribution in [2.75, 3.05) is 6.61 Å². The zero-order valence-electron chi connectivity index (χ0n) is 17.2. The van der Waals surface area contributed by atoms with Gasteiger partial charge in [-0.2, -0.15) is 5.11 Å². The van der Waals surface area contributed by atoms with E-state index in [0.717, 1.165) is 5.56 Å². The number of pyridine rings is 1. The molecule has 1 unspecified atom stereocenters. The van der Waals surface area contributed by atoms with Gasteiger partial charge in [0.25, 0.3) is 5.91 Å². The van der Waals surface area contributed by atoms with Gasteiger partial charge in [0.05, 0.1) is 6.54 Å². The fourth-order valence-electron chi connectivity index (χ4n) is 3.74. The summed E-state index contributed by atoms with van der Waals surface area (Å²) in [7, 11) is 0. The number of hydrogen-bond acceptors (Lipinski definition) is 8. The van der Waals surface area contributed by atoms with Crippen LogP contribution >= 0.6 is 0 Å². The third-order valence-electron chi connectivity index (χ3n) is 5.36. The molecule has 1 saturated heterocycles. The van der Waals surface area contributed by atoms with Crippen LogP contribution in [0.5, 0.6) is 5.75 Å². The Hall–Kier alpha value is -4.08. The number of benzene rings is 1. The van der Waals surface area contributed by atoms with Crippen molar-refractivity contribution >= 4 is 17.7 Å². The first-order valence-electron chi connectivity index (χ1n) is 10.1. The predicted octanol–water partition coefficient (Wildman–Crippen LogP) is 1.88. The SMILES string of the molecule is N=N/C(=C\NCc1cccnc1)COc1cccc2c1CN(C1CCC(=O)NC1=O)C2=O. The fraction of sp³-hybridized carbons (Fsp3) is 0.273. The molecule has 1 aromatic heterocycles. The second-order valence-electron chi connectivity index (χ2n) is 7.46. The average Bonchev–Trinajstić information content (AvgIpc) is 3.14. The van der Waals surface area contributed by atoms with Crippen LogP contribution in [0.25, 0.3) is 0 Å². The number of carbonyl (C=O) groups excluding carboxylic acids is 3. The van der Waals surface area contributed by atoms with E-state index in [1.165, 1.54) is 4.90 Å². The van der Waals surface area contributed by atoms with Crippen LogP contribution in [0.15, 0.2) is 59.7 Å². The van der Waals surface area contributed by atoms with Gasteiger partial charge in [0.15, 0.2) is 0 Å². The molecule has 0 radical (unpaired) electrons. The molecule has 3 heterocycles. The lowest BCUT2D eigenvalue weighted by Gasteiger charge is -2.29. The summed E-state index contributed by atoms with van der Waals surface area (Å²) in [5.41, 5.74) is 9.89. The van der Waals surface area contributed by atoms with Crippen molar-refractivity contribution in [3.63, 3.8) is 0 Å². The number of amides is 3. The molecule has 0 aliphatic carbocycles. The first-order chi connectivity index (χ1) is 15.6. The van der Waals surface area contributed by atoms with Crippen molar-refractivity contribution in [2.45, 2.75) is 32.0 Å². The van der Waals surface area contributed by atoms with Gasteiger partial charge < -0.3 is 15.0 Å². The molecule has 2 aromatic rings. The predicted molar refractivity (Wildman–Crippen MR) is 112 cm³/mol. The second kappa shape index (κ2) is 9.38. The highest BCUT2D eigenvalue weighted by atomic mass is 16.5. The van der Waals surface area contributed by atoms with Crippen molar-refractivity contribution in [1.29, 1.82) is 5.53 Å². The molecule has 10 heteroatoms. The smallest absolute Gasteiger partial charge is 0.255 e. The molecule has 164 valence electrons. The molecule has 32 heavy (non-hydrogen) atoms. The minimum atomic E-state index is -0.684. The number of ether oxygens (including phenoxy) is 1. The number of carbonyl (C=O) groups is 3. The summed E-state index contributed by atoms with van der Waals surface area (Å²) in [5.74, 6) is -0.552. The molecule has 3 N–H and O–H groups in total. The van der Waals surface area contributed by atoms with Crippen LogP contribution in [-0.2, 0) is 22.7 Å². The maximum absolute atomic E-state index is 12.9. The van der Waals surface area contributed by atoms with E-state index in [1.807, 2.05) is 12.1 Å². The highest BCUT2D eigenvalue weighted by Gasteiger charge is 2.40. The van der Waals surface area contributed by atoms with Crippen molar-refractivity contribution < 1.29 is 19.1 Å². The summed E-state index contributed by atoms with van der Waals surface area (Å²) < 4.78 is 5.86. The summed E-state index contributed by atoms with van der Waals surface area (Å²) in [6, 6.07) is 8.23. The van der Waals surface area contributed by atoms with Crippen molar-refractivity contribution in [1.82, 2.24) is 20.5 Å². The van der Waals surface area contributed by atoms with E-state index in [0.29, 0.717) is 35.5 Å². The van der Waals surface area contributed by atoms with Crippen LogP contribution in [0.1, 0.15) is 34.3 Å². The first kappa shape index (κ1) is 21.2. The molecule has 1 atom stereocenters. The maximum Gasteiger partial charge on any atom is 0.255 e. The third kappa shape index (κ3) is 4.48. The Kier molecular flexibility index (Phi) is 6.20. The molecule has 1 fully saturated rings. The quantitative estimate of drug-likeness (QED) is 0.429. The third-order valence-corrected chi connectivity index (χ3v) is 5.36. The number of imide groups is 1. The summed E-state index contributed by atoms with van der Waals surface area (Å²) in [6.07, 6.45) is 5.54. The van der Waals surface area contributed by atoms with Crippen LogP contribution in [-0.4, -0.2) is 40.3 Å². The van der Waals surface area contributed by atoms with Crippen LogP contribution < -0.4 is 15.4 Å². The molecule has 2 aliphatic rings. The number of nitrogens with one attached hydrogen (secondary N) is 3. The van der Waals surface area contributed by atoms with E-state index in [-0.39, 0.29) is 31.4 Å². The zero-order valence-corrected chi connectivity index (χ0v) is 17.2. The first-order valence-corrected chi connectivity index (χ1v) is 10.1. The van der Waals surface area contributed by atoms with Gasteiger partial charge in [-0.05, 0) is 30.2 Å². The Bertz CT molecular complexity index is 1090. The van der Waals surface area contributed by atoms with Gasteiger partial charge in [0.2, 0.25) is 11.8 Å². The van der Waals surface area contributed by atoms with Crippen molar-refractivity contribution in [3.05, 3.63) is 71.3 Å². The number of rotatable bonds is 8. The van der Waals surface area contributed by atoms with Gasteiger partial charge in [-0.25, -0.2) is 5.53 Å². The fourth-order valence-corrected chi connectivity index (χ4v) is 3.74. The van der Waals surface area contributed by atoms with Gasteiger partial charge in [-0.1, -0.05) is 12.1 Å². The highest BCUT2D eigenvalue weighted by Crippen LogP contribution is 2.33. The molecule has 0 spiro atoms. The summed E-state index contributed by atoms with van der Waals surface area (Å²) in [4.78, 5) is 42.0. The lowest BCUT2D eigenvalue weighted by Crippen LogP contribution is -2.52. The summed E-state index contributed by atoms with van der Waals surface area (Å²) >= 11 is 0. The summed E-state index contributed by atoms with van der Waals surface area (Å²) in [5, 5.41) is 8.86. The molecule has 2 aliphatic heterocycles. The van der Waals surface area contributed by atoms with Crippen molar-refractivity contribution in [3.8, 4) is 5.75 Å². The van der Waals surface area contributed by atoms with E-state index in [2.05, 4.69) is 20.7 Å². The van der Waals surface area contributed by atoms with Crippen LogP contribution in [0.3, 0.4) is 0 Å². The standard InChI is InChI=1S/C22H22N6O4/c23-27-15(11-25-10-14-3-2-8-24-9-14)13-32-19-5-1-4-16-17(19)12-28(22(16)31)18-6-7-20(29)26-21(18)30/h1-5,8-9,11,18,23,25H,6-7,10,12-13H2,(H,26,29,30)/b15-11-,27-23?. The van der Waals surface area contributed by atoms with Gasteiger partial charge >= 0.3 is 0 Å². The van der Waals surface area contributed by atoms with E-state index in [4.69, 9.17) is 10.3 Å². The lowest BCUT2D eigenvalue weighted by molar-refractivity contribution is -0.136.